The Bertz CT molecular complexity index is 320. The summed E-state index contributed by atoms with van der Waals surface area (Å²) in [6, 6.07) is 8.51. The van der Waals surface area contributed by atoms with Gasteiger partial charge in [-0.2, -0.15) is 0 Å². The van der Waals surface area contributed by atoms with E-state index in [1.165, 1.54) is 5.56 Å². The molecule has 0 bridgehead atoms. The van der Waals surface area contributed by atoms with Crippen molar-refractivity contribution >= 4 is 0 Å². The zero-order chi connectivity index (χ0) is 12.9. The van der Waals surface area contributed by atoms with Crippen LogP contribution in [0, 0.1) is 5.92 Å². The van der Waals surface area contributed by atoms with Gasteiger partial charge in [0.1, 0.15) is 0 Å². The van der Waals surface area contributed by atoms with Gasteiger partial charge in [0, 0.05) is 12.1 Å². The molecule has 0 heterocycles. The summed E-state index contributed by atoms with van der Waals surface area (Å²) >= 11 is 0. The Hall–Kier alpha value is -0.860. The van der Waals surface area contributed by atoms with E-state index >= 15 is 0 Å². The van der Waals surface area contributed by atoms with Crippen molar-refractivity contribution in [1.29, 1.82) is 0 Å². The summed E-state index contributed by atoms with van der Waals surface area (Å²) in [7, 11) is 0. The van der Waals surface area contributed by atoms with Gasteiger partial charge < -0.3 is 10.8 Å². The molecule has 0 spiro atoms. The van der Waals surface area contributed by atoms with Crippen LogP contribution < -0.4 is 5.73 Å². The zero-order valence-electron chi connectivity index (χ0n) is 11.2. The Morgan fingerprint density at radius 1 is 1.24 bits per heavy atom. The van der Waals surface area contributed by atoms with Crippen molar-refractivity contribution in [3.8, 4) is 0 Å². The van der Waals surface area contributed by atoms with Gasteiger partial charge in [-0.3, -0.25) is 0 Å². The molecule has 0 saturated heterocycles. The second kappa shape index (κ2) is 6.18. The van der Waals surface area contributed by atoms with Crippen LogP contribution in [-0.2, 0) is 12.0 Å². The van der Waals surface area contributed by atoms with Crippen molar-refractivity contribution in [2.45, 2.75) is 45.6 Å². The van der Waals surface area contributed by atoms with E-state index in [1.54, 1.807) is 0 Å². The van der Waals surface area contributed by atoms with Crippen LogP contribution in [0.4, 0.5) is 0 Å². The van der Waals surface area contributed by atoms with Crippen LogP contribution in [0.15, 0.2) is 24.3 Å². The number of rotatable bonds is 6. The van der Waals surface area contributed by atoms with Gasteiger partial charge in [0.25, 0.3) is 0 Å². The third-order valence-corrected chi connectivity index (χ3v) is 3.37. The highest BCUT2D eigenvalue weighted by Gasteiger charge is 2.13. The number of hydrogen-bond donors (Lipinski definition) is 2. The van der Waals surface area contributed by atoms with Gasteiger partial charge in [0.2, 0.25) is 0 Å². The molecule has 0 aliphatic rings. The molecule has 0 radical (unpaired) electrons. The van der Waals surface area contributed by atoms with E-state index in [4.69, 9.17) is 10.8 Å². The summed E-state index contributed by atoms with van der Waals surface area (Å²) in [5.74, 6) is 0.431. The smallest absolute Gasteiger partial charge is 0.0459 e. The molecule has 1 unspecified atom stereocenters. The maximum atomic E-state index is 9.14. The number of aryl methyl sites for hydroxylation is 1. The lowest BCUT2D eigenvalue weighted by Gasteiger charge is -2.19. The molecule has 0 aliphatic heterocycles. The number of benzene rings is 1. The Morgan fingerprint density at radius 2 is 1.82 bits per heavy atom. The fourth-order valence-electron chi connectivity index (χ4n) is 1.90. The lowest BCUT2D eigenvalue weighted by atomic mass is 9.93. The van der Waals surface area contributed by atoms with Crippen LogP contribution in [0.25, 0.3) is 0 Å². The van der Waals surface area contributed by atoms with Gasteiger partial charge in [-0.1, -0.05) is 37.6 Å². The minimum atomic E-state index is -0.268. The predicted octanol–water partition coefficient (Wildman–Crippen LogP) is 2.83. The van der Waals surface area contributed by atoms with E-state index in [-0.39, 0.29) is 5.54 Å². The van der Waals surface area contributed by atoms with Gasteiger partial charge in [0.05, 0.1) is 0 Å². The first-order valence-electron chi connectivity index (χ1n) is 6.46. The molecular formula is C15H25NO. The number of hydrogen-bond acceptors (Lipinski definition) is 2. The topological polar surface area (TPSA) is 46.2 Å². The Balaban J connectivity index is 2.57. The van der Waals surface area contributed by atoms with Crippen LogP contribution in [0.3, 0.4) is 0 Å². The molecule has 1 aromatic carbocycles. The van der Waals surface area contributed by atoms with Gasteiger partial charge in [-0.25, -0.2) is 0 Å². The maximum Gasteiger partial charge on any atom is 0.0459 e. The highest BCUT2D eigenvalue weighted by Crippen LogP contribution is 2.19. The minimum Gasteiger partial charge on any atom is -0.396 e. The Morgan fingerprint density at radius 3 is 2.24 bits per heavy atom. The van der Waals surface area contributed by atoms with Gasteiger partial charge >= 0.3 is 0 Å². The van der Waals surface area contributed by atoms with E-state index < -0.39 is 0 Å². The third kappa shape index (κ3) is 4.49. The van der Waals surface area contributed by atoms with Crippen LogP contribution in [0.1, 0.15) is 44.7 Å². The number of aliphatic hydroxyl groups excluding tert-OH is 1. The second-order valence-electron chi connectivity index (χ2n) is 5.41. The molecule has 0 fully saturated rings. The van der Waals surface area contributed by atoms with Crippen LogP contribution in [-0.4, -0.2) is 11.7 Å². The summed E-state index contributed by atoms with van der Waals surface area (Å²) in [6.07, 6.45) is 3.13. The highest BCUT2D eigenvalue weighted by molar-refractivity contribution is 5.27. The molecule has 0 aromatic heterocycles. The van der Waals surface area contributed by atoms with Gasteiger partial charge in [0.15, 0.2) is 0 Å². The van der Waals surface area contributed by atoms with Crippen molar-refractivity contribution in [2.75, 3.05) is 6.61 Å². The average Bonchev–Trinajstić information content (AvgIpc) is 2.30. The molecule has 1 atom stereocenters. The molecule has 0 saturated carbocycles. The maximum absolute atomic E-state index is 9.14. The molecule has 2 nitrogen and oxygen atoms in total. The molecule has 0 aliphatic carbocycles. The summed E-state index contributed by atoms with van der Waals surface area (Å²) in [5.41, 5.74) is 8.26. The lowest BCUT2D eigenvalue weighted by Crippen LogP contribution is -2.28. The fourth-order valence-corrected chi connectivity index (χ4v) is 1.90. The largest absolute Gasteiger partial charge is 0.396 e. The quantitative estimate of drug-likeness (QED) is 0.796. The Kier molecular flexibility index (Phi) is 5.16. The molecule has 0 amide bonds. The highest BCUT2D eigenvalue weighted by atomic mass is 16.3. The summed E-state index contributed by atoms with van der Waals surface area (Å²) in [4.78, 5) is 0. The SMILES string of the molecule is CCC(CO)CCc1ccc(C(C)(C)N)cc1. The van der Waals surface area contributed by atoms with Crippen molar-refractivity contribution in [3.63, 3.8) is 0 Å². The summed E-state index contributed by atoms with van der Waals surface area (Å²) in [5, 5.41) is 9.14. The summed E-state index contributed by atoms with van der Waals surface area (Å²) < 4.78 is 0. The van der Waals surface area contributed by atoms with E-state index in [9.17, 15) is 0 Å². The molecule has 1 rings (SSSR count). The first-order chi connectivity index (χ1) is 7.97. The van der Waals surface area contributed by atoms with Crippen LogP contribution >= 0.6 is 0 Å². The van der Waals surface area contributed by atoms with Gasteiger partial charge in [-0.05, 0) is 43.7 Å². The molecule has 2 heteroatoms. The van der Waals surface area contributed by atoms with E-state index in [0.717, 1.165) is 24.8 Å². The number of nitrogens with two attached hydrogens (primary N) is 1. The van der Waals surface area contributed by atoms with Crippen molar-refractivity contribution in [2.24, 2.45) is 11.7 Å². The van der Waals surface area contributed by atoms with E-state index in [0.29, 0.717) is 12.5 Å². The van der Waals surface area contributed by atoms with Gasteiger partial charge in [-0.15, -0.1) is 0 Å². The molecular weight excluding hydrogens is 210 g/mol. The molecule has 96 valence electrons. The van der Waals surface area contributed by atoms with Crippen molar-refractivity contribution in [1.82, 2.24) is 0 Å². The fraction of sp³-hybridized carbons (Fsp3) is 0.600. The monoisotopic (exact) mass is 235 g/mol. The first kappa shape index (κ1) is 14.2. The lowest BCUT2D eigenvalue weighted by molar-refractivity contribution is 0.215. The van der Waals surface area contributed by atoms with E-state index in [2.05, 4.69) is 31.2 Å². The molecule has 3 N–H and O–H groups in total. The second-order valence-corrected chi connectivity index (χ2v) is 5.41. The zero-order valence-corrected chi connectivity index (χ0v) is 11.2. The van der Waals surface area contributed by atoms with Crippen LogP contribution in [0.5, 0.6) is 0 Å². The van der Waals surface area contributed by atoms with Crippen LogP contribution in [0.2, 0.25) is 0 Å². The predicted molar refractivity (Wildman–Crippen MR) is 72.8 cm³/mol. The van der Waals surface area contributed by atoms with Crippen molar-refractivity contribution < 1.29 is 5.11 Å². The number of aliphatic hydroxyl groups is 1. The average molecular weight is 235 g/mol. The molecule has 1 aromatic rings. The van der Waals surface area contributed by atoms with Crippen molar-refractivity contribution in [3.05, 3.63) is 35.4 Å². The first-order valence-corrected chi connectivity index (χ1v) is 6.46. The standard InChI is InChI=1S/C15H25NO/c1-4-12(11-17)5-6-13-7-9-14(10-8-13)15(2,3)16/h7-10,12,17H,4-6,11,16H2,1-3H3. The minimum absolute atomic E-state index is 0.268. The Labute approximate surface area is 105 Å². The normalized spacial score (nSPS) is 13.7. The van der Waals surface area contributed by atoms with E-state index in [1.807, 2.05) is 13.8 Å². The summed E-state index contributed by atoms with van der Waals surface area (Å²) in [6.45, 7) is 6.45. The molecule has 17 heavy (non-hydrogen) atoms. The third-order valence-electron chi connectivity index (χ3n) is 3.37.